The Morgan fingerprint density at radius 3 is 2.15 bits per heavy atom. The van der Waals surface area contributed by atoms with Gasteiger partial charge in [-0.05, 0) is 25.0 Å². The standard InChI is InChI=1S/C21H21ClO5/c1-12-7-3-5-9-14(12)17(23)18(24)20-21(26,11-16(22)27-20)19(25)15-10-6-4-8-13(15)2/h3-10,16,18,20,24,26H,11H2,1-2H3/t16-,18?,20+,21+/m0/s1. The number of carbonyl (C=O) groups is 2. The lowest BCUT2D eigenvalue weighted by molar-refractivity contribution is -0.0716. The van der Waals surface area contributed by atoms with Crippen LogP contribution in [0.15, 0.2) is 48.5 Å². The quantitative estimate of drug-likeness (QED) is 0.607. The molecule has 1 unspecified atom stereocenters. The minimum atomic E-state index is -2.10. The van der Waals surface area contributed by atoms with Crippen molar-refractivity contribution in [3.8, 4) is 0 Å². The maximum Gasteiger partial charge on any atom is 0.197 e. The second-order valence-corrected chi connectivity index (χ2v) is 7.35. The molecule has 5 nitrogen and oxygen atoms in total. The van der Waals surface area contributed by atoms with Crippen molar-refractivity contribution in [1.29, 1.82) is 0 Å². The molecule has 2 aromatic carbocycles. The summed E-state index contributed by atoms with van der Waals surface area (Å²) in [5.41, 5.74) is -1.14. The Hall–Kier alpha value is -2.05. The number of aliphatic hydroxyl groups is 2. The van der Waals surface area contributed by atoms with E-state index in [2.05, 4.69) is 0 Å². The first-order valence-electron chi connectivity index (χ1n) is 8.66. The first kappa shape index (κ1) is 19.7. The predicted molar refractivity (Wildman–Crippen MR) is 101 cm³/mol. The van der Waals surface area contributed by atoms with Crippen LogP contribution < -0.4 is 0 Å². The zero-order valence-corrected chi connectivity index (χ0v) is 15.8. The number of ketones is 2. The normalized spacial score (nSPS) is 26.0. The van der Waals surface area contributed by atoms with E-state index in [9.17, 15) is 19.8 Å². The molecule has 1 aliphatic heterocycles. The van der Waals surface area contributed by atoms with E-state index in [1.807, 2.05) is 0 Å². The van der Waals surface area contributed by atoms with Crippen LogP contribution in [0.1, 0.15) is 38.3 Å². The second-order valence-electron chi connectivity index (χ2n) is 6.86. The van der Waals surface area contributed by atoms with Gasteiger partial charge in [0, 0.05) is 17.5 Å². The van der Waals surface area contributed by atoms with Crippen LogP contribution in [0.25, 0.3) is 0 Å². The third-order valence-corrected chi connectivity index (χ3v) is 5.24. The van der Waals surface area contributed by atoms with Crippen molar-refractivity contribution in [3.05, 3.63) is 70.8 Å². The Labute approximate surface area is 162 Å². The van der Waals surface area contributed by atoms with Crippen molar-refractivity contribution in [1.82, 2.24) is 0 Å². The van der Waals surface area contributed by atoms with E-state index in [4.69, 9.17) is 16.3 Å². The summed E-state index contributed by atoms with van der Waals surface area (Å²) >= 11 is 6.03. The van der Waals surface area contributed by atoms with Crippen molar-refractivity contribution in [2.45, 2.75) is 43.6 Å². The van der Waals surface area contributed by atoms with Crippen molar-refractivity contribution in [3.63, 3.8) is 0 Å². The molecule has 4 atom stereocenters. The van der Waals surface area contributed by atoms with Gasteiger partial charge in [-0.2, -0.15) is 0 Å². The molecule has 0 saturated carbocycles. The monoisotopic (exact) mass is 388 g/mol. The molecule has 27 heavy (non-hydrogen) atoms. The van der Waals surface area contributed by atoms with Gasteiger partial charge in [0.25, 0.3) is 0 Å². The maximum absolute atomic E-state index is 13.1. The number of aliphatic hydroxyl groups excluding tert-OH is 1. The van der Waals surface area contributed by atoms with E-state index < -0.39 is 34.9 Å². The fraction of sp³-hybridized carbons (Fsp3) is 0.333. The molecule has 0 aliphatic carbocycles. The van der Waals surface area contributed by atoms with Crippen molar-refractivity contribution in [2.24, 2.45) is 0 Å². The molecule has 2 N–H and O–H groups in total. The summed E-state index contributed by atoms with van der Waals surface area (Å²) in [5.74, 6) is -1.25. The molecule has 2 aromatic rings. The average molecular weight is 389 g/mol. The van der Waals surface area contributed by atoms with Gasteiger partial charge in [-0.3, -0.25) is 9.59 Å². The van der Waals surface area contributed by atoms with Crippen molar-refractivity contribution >= 4 is 23.2 Å². The summed E-state index contributed by atoms with van der Waals surface area (Å²) < 4.78 is 5.43. The number of ether oxygens (including phenoxy) is 1. The van der Waals surface area contributed by atoms with Crippen LogP contribution in [-0.2, 0) is 4.74 Å². The number of hydrogen-bond acceptors (Lipinski definition) is 5. The lowest BCUT2D eigenvalue weighted by Gasteiger charge is -2.30. The molecular formula is C21H21ClO5. The van der Waals surface area contributed by atoms with E-state index in [0.29, 0.717) is 22.3 Å². The summed E-state index contributed by atoms with van der Waals surface area (Å²) in [6.07, 6.45) is -3.41. The summed E-state index contributed by atoms with van der Waals surface area (Å²) in [4.78, 5) is 25.8. The molecule has 142 valence electrons. The second kappa shape index (κ2) is 7.52. The Morgan fingerprint density at radius 2 is 1.59 bits per heavy atom. The Kier molecular flexibility index (Phi) is 5.49. The molecular weight excluding hydrogens is 368 g/mol. The highest BCUT2D eigenvalue weighted by Crippen LogP contribution is 2.38. The molecule has 0 amide bonds. The van der Waals surface area contributed by atoms with Crippen molar-refractivity contribution < 1.29 is 24.5 Å². The summed E-state index contributed by atoms with van der Waals surface area (Å²) in [5, 5.41) is 21.8. The molecule has 1 heterocycles. The van der Waals surface area contributed by atoms with Gasteiger partial charge in [0.2, 0.25) is 0 Å². The number of rotatable bonds is 5. The van der Waals surface area contributed by atoms with Crippen LogP contribution in [-0.4, -0.2) is 45.2 Å². The van der Waals surface area contributed by atoms with Crippen LogP contribution in [0.2, 0.25) is 0 Å². The highest BCUT2D eigenvalue weighted by atomic mass is 35.5. The molecule has 1 fully saturated rings. The van der Waals surface area contributed by atoms with Crippen molar-refractivity contribution in [2.75, 3.05) is 0 Å². The molecule has 0 radical (unpaired) electrons. The summed E-state index contributed by atoms with van der Waals surface area (Å²) in [6.45, 7) is 3.49. The smallest absolute Gasteiger partial charge is 0.197 e. The third-order valence-electron chi connectivity index (χ3n) is 4.99. The lowest BCUT2D eigenvalue weighted by atomic mass is 9.81. The number of aryl methyl sites for hydroxylation is 2. The fourth-order valence-corrected chi connectivity index (χ4v) is 3.79. The number of carbonyl (C=O) groups excluding carboxylic acids is 2. The SMILES string of the molecule is Cc1ccccc1C(=O)C(O)[C@H]1O[C@H](Cl)C[C@@]1(O)C(=O)c1ccccc1C. The van der Waals surface area contributed by atoms with Crippen LogP contribution in [0, 0.1) is 13.8 Å². The summed E-state index contributed by atoms with van der Waals surface area (Å²) in [6, 6.07) is 13.6. The van der Waals surface area contributed by atoms with Gasteiger partial charge in [0.1, 0.15) is 17.8 Å². The highest BCUT2D eigenvalue weighted by molar-refractivity contribution is 6.20. The number of hydrogen-bond donors (Lipinski definition) is 2. The van der Waals surface area contributed by atoms with Gasteiger partial charge in [-0.15, -0.1) is 0 Å². The van der Waals surface area contributed by atoms with E-state index in [1.165, 1.54) is 0 Å². The van der Waals surface area contributed by atoms with Crippen LogP contribution in [0.4, 0.5) is 0 Å². The molecule has 0 bridgehead atoms. The molecule has 1 aliphatic rings. The summed E-state index contributed by atoms with van der Waals surface area (Å²) in [7, 11) is 0. The van der Waals surface area contributed by atoms with E-state index >= 15 is 0 Å². The van der Waals surface area contributed by atoms with Gasteiger partial charge in [0.15, 0.2) is 17.2 Å². The first-order valence-corrected chi connectivity index (χ1v) is 9.09. The first-order chi connectivity index (χ1) is 12.8. The number of benzene rings is 2. The van der Waals surface area contributed by atoms with E-state index in [-0.39, 0.29) is 6.42 Å². The average Bonchev–Trinajstić information content (AvgIpc) is 2.96. The Morgan fingerprint density at radius 1 is 1.07 bits per heavy atom. The number of halogens is 1. The number of alkyl halides is 1. The van der Waals surface area contributed by atoms with Gasteiger partial charge in [-0.1, -0.05) is 60.1 Å². The minimum absolute atomic E-state index is 0.218. The van der Waals surface area contributed by atoms with Gasteiger partial charge >= 0.3 is 0 Å². The zero-order valence-electron chi connectivity index (χ0n) is 15.1. The molecule has 1 saturated heterocycles. The van der Waals surface area contributed by atoms with Crippen LogP contribution in [0.3, 0.4) is 0 Å². The van der Waals surface area contributed by atoms with Crippen LogP contribution >= 0.6 is 11.6 Å². The van der Waals surface area contributed by atoms with Gasteiger partial charge in [0.05, 0.1) is 0 Å². The zero-order chi connectivity index (χ0) is 19.8. The fourth-order valence-electron chi connectivity index (χ4n) is 3.45. The largest absolute Gasteiger partial charge is 0.382 e. The predicted octanol–water partition coefficient (Wildman–Crippen LogP) is 2.81. The maximum atomic E-state index is 13.1. The highest BCUT2D eigenvalue weighted by Gasteiger charge is 2.56. The number of Topliss-reactive ketones (excluding diaryl/α,β-unsaturated/α-hetero) is 2. The molecule has 0 spiro atoms. The van der Waals surface area contributed by atoms with E-state index in [0.717, 1.165) is 0 Å². The molecule has 6 heteroatoms. The van der Waals surface area contributed by atoms with Crippen LogP contribution in [0.5, 0.6) is 0 Å². The Bertz CT molecular complexity index is 880. The van der Waals surface area contributed by atoms with Gasteiger partial charge in [-0.25, -0.2) is 0 Å². The third kappa shape index (κ3) is 3.56. The molecule has 3 rings (SSSR count). The Balaban J connectivity index is 1.96. The minimum Gasteiger partial charge on any atom is -0.382 e. The molecule has 0 aromatic heterocycles. The van der Waals surface area contributed by atoms with E-state index in [1.54, 1.807) is 62.4 Å². The van der Waals surface area contributed by atoms with Gasteiger partial charge < -0.3 is 14.9 Å². The lowest BCUT2D eigenvalue weighted by Crippen LogP contribution is -2.54. The topological polar surface area (TPSA) is 83.8 Å².